The average molecular weight is 341 g/mol. The van der Waals surface area contributed by atoms with Gasteiger partial charge in [0.1, 0.15) is 5.37 Å². The molecular weight excluding hydrogens is 320 g/mol. The lowest BCUT2D eigenvalue weighted by molar-refractivity contribution is -0.129. The molecule has 1 N–H and O–H groups in total. The summed E-state index contributed by atoms with van der Waals surface area (Å²) in [6.07, 6.45) is 0.319. The summed E-state index contributed by atoms with van der Waals surface area (Å²) >= 11 is 7.79. The fraction of sp³-hybridized carbons (Fsp3) is 0.500. The first kappa shape index (κ1) is 17.2. The van der Waals surface area contributed by atoms with Gasteiger partial charge in [0, 0.05) is 30.1 Å². The van der Waals surface area contributed by atoms with Crippen molar-refractivity contribution in [2.24, 2.45) is 5.92 Å². The molecule has 4 nitrogen and oxygen atoms in total. The van der Waals surface area contributed by atoms with Crippen LogP contribution in [-0.2, 0) is 9.59 Å². The Bertz CT molecular complexity index is 551. The molecular formula is C16H21ClN2O2S. The standard InChI is InChI=1S/C16H21ClN2O2S/c1-11(2)9-18-14(20)7-8-19-15(21)10-22-16(19)12-5-3-4-6-13(12)17/h3-6,11,16H,7-10H2,1-2H3,(H,18,20)/t16-/m1/s1. The Hall–Kier alpha value is -1.20. The van der Waals surface area contributed by atoms with E-state index in [0.29, 0.717) is 36.2 Å². The van der Waals surface area contributed by atoms with Gasteiger partial charge in [0.2, 0.25) is 11.8 Å². The molecule has 22 heavy (non-hydrogen) atoms. The molecule has 0 spiro atoms. The molecule has 0 saturated carbocycles. The second-order valence-electron chi connectivity index (χ2n) is 5.72. The molecule has 120 valence electrons. The van der Waals surface area contributed by atoms with Crippen molar-refractivity contribution >= 4 is 35.2 Å². The summed E-state index contributed by atoms with van der Waals surface area (Å²) in [5.74, 6) is 0.899. The third kappa shape index (κ3) is 4.40. The van der Waals surface area contributed by atoms with Crippen molar-refractivity contribution in [2.75, 3.05) is 18.8 Å². The second-order valence-corrected chi connectivity index (χ2v) is 7.20. The van der Waals surface area contributed by atoms with E-state index in [1.54, 1.807) is 16.7 Å². The van der Waals surface area contributed by atoms with E-state index in [9.17, 15) is 9.59 Å². The molecule has 0 aromatic heterocycles. The van der Waals surface area contributed by atoms with Crippen molar-refractivity contribution in [3.8, 4) is 0 Å². The molecule has 0 bridgehead atoms. The zero-order valence-corrected chi connectivity index (χ0v) is 14.4. The molecule has 1 saturated heterocycles. The highest BCUT2D eigenvalue weighted by Crippen LogP contribution is 2.41. The van der Waals surface area contributed by atoms with Gasteiger partial charge in [0.15, 0.2) is 0 Å². The highest BCUT2D eigenvalue weighted by Gasteiger charge is 2.33. The zero-order valence-electron chi connectivity index (χ0n) is 12.8. The van der Waals surface area contributed by atoms with Crippen LogP contribution in [0.2, 0.25) is 5.02 Å². The number of thioether (sulfide) groups is 1. The van der Waals surface area contributed by atoms with Crippen LogP contribution in [0.5, 0.6) is 0 Å². The number of hydrogen-bond acceptors (Lipinski definition) is 3. The average Bonchev–Trinajstić information content (AvgIpc) is 2.84. The summed E-state index contributed by atoms with van der Waals surface area (Å²) in [4.78, 5) is 25.7. The maximum absolute atomic E-state index is 12.1. The lowest BCUT2D eigenvalue weighted by Gasteiger charge is -2.24. The number of carbonyl (C=O) groups is 2. The molecule has 0 radical (unpaired) electrons. The van der Waals surface area contributed by atoms with E-state index in [2.05, 4.69) is 5.32 Å². The SMILES string of the molecule is CC(C)CNC(=O)CCN1C(=O)CS[C@@H]1c1ccccc1Cl. The minimum absolute atomic E-state index is 0.0173. The Kier molecular flexibility index (Phi) is 6.15. The van der Waals surface area contributed by atoms with Gasteiger partial charge >= 0.3 is 0 Å². The van der Waals surface area contributed by atoms with Crippen LogP contribution in [0.1, 0.15) is 31.2 Å². The molecule has 0 aliphatic carbocycles. The van der Waals surface area contributed by atoms with Gasteiger partial charge in [-0.2, -0.15) is 0 Å². The Balaban J connectivity index is 1.97. The van der Waals surface area contributed by atoms with Gasteiger partial charge in [0.05, 0.1) is 5.75 Å². The number of hydrogen-bond donors (Lipinski definition) is 1. The van der Waals surface area contributed by atoms with Crippen molar-refractivity contribution in [3.05, 3.63) is 34.9 Å². The predicted molar refractivity (Wildman–Crippen MR) is 90.8 cm³/mol. The van der Waals surface area contributed by atoms with Crippen LogP contribution >= 0.6 is 23.4 Å². The van der Waals surface area contributed by atoms with Gasteiger partial charge in [-0.1, -0.05) is 43.6 Å². The van der Waals surface area contributed by atoms with Gasteiger partial charge in [-0.15, -0.1) is 11.8 Å². The van der Waals surface area contributed by atoms with Gasteiger partial charge in [-0.25, -0.2) is 0 Å². The number of halogens is 1. The third-order valence-electron chi connectivity index (χ3n) is 3.43. The molecule has 1 aliphatic rings. The fourth-order valence-electron chi connectivity index (χ4n) is 2.26. The van der Waals surface area contributed by atoms with E-state index in [1.165, 1.54) is 0 Å². The Labute approximate surface area is 140 Å². The van der Waals surface area contributed by atoms with Crippen molar-refractivity contribution in [1.82, 2.24) is 10.2 Å². The molecule has 1 fully saturated rings. The van der Waals surface area contributed by atoms with Crippen LogP contribution in [0, 0.1) is 5.92 Å². The van der Waals surface area contributed by atoms with E-state index in [4.69, 9.17) is 11.6 Å². The maximum Gasteiger partial charge on any atom is 0.233 e. The first-order valence-electron chi connectivity index (χ1n) is 7.41. The summed E-state index contributed by atoms with van der Waals surface area (Å²) in [6.45, 7) is 5.18. The first-order chi connectivity index (χ1) is 10.5. The van der Waals surface area contributed by atoms with Crippen molar-refractivity contribution < 1.29 is 9.59 Å². The van der Waals surface area contributed by atoms with E-state index in [1.807, 2.05) is 38.1 Å². The van der Waals surface area contributed by atoms with Crippen molar-refractivity contribution in [3.63, 3.8) is 0 Å². The summed E-state index contributed by atoms with van der Waals surface area (Å²) in [5, 5.41) is 3.44. The van der Waals surface area contributed by atoms with E-state index < -0.39 is 0 Å². The molecule has 2 amide bonds. The molecule has 6 heteroatoms. The second kappa shape index (κ2) is 7.88. The summed E-state index contributed by atoms with van der Waals surface area (Å²) in [7, 11) is 0. The monoisotopic (exact) mass is 340 g/mol. The number of nitrogens with one attached hydrogen (secondary N) is 1. The van der Waals surface area contributed by atoms with Gasteiger partial charge in [-0.3, -0.25) is 9.59 Å². The minimum Gasteiger partial charge on any atom is -0.356 e. The van der Waals surface area contributed by atoms with Gasteiger partial charge in [-0.05, 0) is 12.0 Å². The van der Waals surface area contributed by atoms with Crippen LogP contribution in [0.3, 0.4) is 0 Å². The molecule has 1 aliphatic heterocycles. The normalized spacial score (nSPS) is 18.1. The lowest BCUT2D eigenvalue weighted by Crippen LogP contribution is -2.34. The summed E-state index contributed by atoms with van der Waals surface area (Å²) < 4.78 is 0. The number of amides is 2. The van der Waals surface area contributed by atoms with Crippen LogP contribution in [0.25, 0.3) is 0 Å². The maximum atomic E-state index is 12.1. The third-order valence-corrected chi connectivity index (χ3v) is 5.01. The van der Waals surface area contributed by atoms with Gasteiger partial charge < -0.3 is 10.2 Å². The van der Waals surface area contributed by atoms with E-state index in [-0.39, 0.29) is 17.2 Å². The largest absolute Gasteiger partial charge is 0.356 e. The highest BCUT2D eigenvalue weighted by molar-refractivity contribution is 8.00. The number of carbonyl (C=O) groups excluding carboxylic acids is 2. The van der Waals surface area contributed by atoms with Crippen molar-refractivity contribution in [2.45, 2.75) is 25.6 Å². The molecule has 1 atom stereocenters. The van der Waals surface area contributed by atoms with Crippen LogP contribution in [-0.4, -0.2) is 35.6 Å². The quantitative estimate of drug-likeness (QED) is 0.865. The highest BCUT2D eigenvalue weighted by atomic mass is 35.5. The van der Waals surface area contributed by atoms with Crippen molar-refractivity contribution in [1.29, 1.82) is 0 Å². The smallest absolute Gasteiger partial charge is 0.233 e. The van der Waals surface area contributed by atoms with Crippen LogP contribution in [0.4, 0.5) is 0 Å². The van der Waals surface area contributed by atoms with Crippen LogP contribution in [0.15, 0.2) is 24.3 Å². The Morgan fingerprint density at radius 3 is 2.86 bits per heavy atom. The first-order valence-corrected chi connectivity index (χ1v) is 8.84. The molecule has 1 aromatic rings. The predicted octanol–water partition coefficient (Wildman–Crippen LogP) is 3.08. The fourth-order valence-corrected chi connectivity index (χ4v) is 3.82. The summed E-state index contributed by atoms with van der Waals surface area (Å²) in [6, 6.07) is 7.55. The molecule has 2 rings (SSSR count). The topological polar surface area (TPSA) is 49.4 Å². The molecule has 0 unspecified atom stereocenters. The van der Waals surface area contributed by atoms with E-state index in [0.717, 1.165) is 5.56 Å². The van der Waals surface area contributed by atoms with Crippen LogP contribution < -0.4 is 5.32 Å². The number of benzene rings is 1. The lowest BCUT2D eigenvalue weighted by atomic mass is 10.2. The summed E-state index contributed by atoms with van der Waals surface area (Å²) in [5.41, 5.74) is 0.933. The molecule has 1 heterocycles. The zero-order chi connectivity index (χ0) is 16.1. The van der Waals surface area contributed by atoms with E-state index >= 15 is 0 Å². The Morgan fingerprint density at radius 2 is 2.18 bits per heavy atom. The number of nitrogens with zero attached hydrogens (tertiary/aromatic N) is 1. The number of rotatable bonds is 6. The molecule has 1 aromatic carbocycles. The minimum atomic E-state index is -0.0981. The van der Waals surface area contributed by atoms with Gasteiger partial charge in [0.25, 0.3) is 0 Å². The Morgan fingerprint density at radius 1 is 1.45 bits per heavy atom.